The summed E-state index contributed by atoms with van der Waals surface area (Å²) in [4.78, 5) is 12.5. The molecule has 2 atom stereocenters. The first-order valence-corrected chi connectivity index (χ1v) is 8.92. The highest BCUT2D eigenvalue weighted by molar-refractivity contribution is 7.89. The summed E-state index contributed by atoms with van der Waals surface area (Å²) in [7, 11) is -2.18. The average Bonchev–Trinajstić information content (AvgIpc) is 2.97. The van der Waals surface area contributed by atoms with E-state index in [4.69, 9.17) is 5.73 Å². The van der Waals surface area contributed by atoms with E-state index in [1.165, 1.54) is 13.1 Å². The summed E-state index contributed by atoms with van der Waals surface area (Å²) >= 11 is 0. The second-order valence-corrected chi connectivity index (χ2v) is 7.57. The van der Waals surface area contributed by atoms with Crippen LogP contribution in [0.25, 0.3) is 0 Å². The van der Waals surface area contributed by atoms with Crippen molar-refractivity contribution < 1.29 is 13.2 Å². The number of nitrogens with two attached hydrogens (primary N) is 1. The third-order valence-electron chi connectivity index (χ3n) is 4.31. The molecule has 0 spiro atoms. The number of carbonyl (C=O) groups excluding carboxylic acids is 1. The van der Waals surface area contributed by atoms with Crippen LogP contribution in [0.5, 0.6) is 0 Å². The monoisotopic (exact) mass is 325 g/mol. The number of hydrogen-bond donors (Lipinski definition) is 3. The van der Waals surface area contributed by atoms with Crippen molar-refractivity contribution in [1.82, 2.24) is 4.72 Å². The van der Waals surface area contributed by atoms with Gasteiger partial charge in [0.15, 0.2) is 0 Å². The number of benzene rings is 1. The van der Waals surface area contributed by atoms with Gasteiger partial charge in [-0.25, -0.2) is 13.1 Å². The lowest BCUT2D eigenvalue weighted by molar-refractivity contribution is -0.120. The topological polar surface area (TPSA) is 101 Å². The summed E-state index contributed by atoms with van der Waals surface area (Å²) in [6.45, 7) is 2.22. The molecule has 22 heavy (non-hydrogen) atoms. The third kappa shape index (κ3) is 3.48. The Hall–Kier alpha value is -1.44. The summed E-state index contributed by atoms with van der Waals surface area (Å²) in [6.07, 6.45) is 2.82. The number of carbonyl (C=O) groups is 1. The van der Waals surface area contributed by atoms with Crippen LogP contribution in [0.3, 0.4) is 0 Å². The Morgan fingerprint density at radius 1 is 1.36 bits per heavy atom. The van der Waals surface area contributed by atoms with Gasteiger partial charge in [0, 0.05) is 11.6 Å². The molecule has 1 amide bonds. The minimum Gasteiger partial charge on any atom is -0.330 e. The summed E-state index contributed by atoms with van der Waals surface area (Å²) in [5.41, 5.74) is 6.83. The highest BCUT2D eigenvalue weighted by Gasteiger charge is 2.32. The Morgan fingerprint density at radius 3 is 2.73 bits per heavy atom. The molecule has 1 saturated carbocycles. The molecule has 1 aromatic carbocycles. The number of anilines is 1. The molecule has 0 aliphatic heterocycles. The maximum Gasteiger partial charge on any atom is 0.240 e. The van der Waals surface area contributed by atoms with Crippen molar-refractivity contribution in [3.63, 3.8) is 0 Å². The smallest absolute Gasteiger partial charge is 0.240 e. The molecule has 0 aromatic heterocycles. The predicted molar refractivity (Wildman–Crippen MR) is 85.9 cm³/mol. The van der Waals surface area contributed by atoms with E-state index in [0.717, 1.165) is 19.3 Å². The Morgan fingerprint density at radius 2 is 2.09 bits per heavy atom. The molecule has 7 heteroatoms. The molecule has 1 aliphatic carbocycles. The molecule has 0 heterocycles. The maximum atomic E-state index is 12.4. The molecule has 1 aromatic rings. The van der Waals surface area contributed by atoms with Crippen LogP contribution in [0, 0.1) is 18.8 Å². The second kappa shape index (κ2) is 6.76. The van der Waals surface area contributed by atoms with Crippen molar-refractivity contribution in [3.8, 4) is 0 Å². The van der Waals surface area contributed by atoms with Crippen molar-refractivity contribution in [1.29, 1.82) is 0 Å². The molecular weight excluding hydrogens is 302 g/mol. The third-order valence-corrected chi connectivity index (χ3v) is 5.87. The molecule has 6 nitrogen and oxygen atoms in total. The van der Waals surface area contributed by atoms with E-state index in [-0.39, 0.29) is 22.6 Å². The molecule has 0 saturated heterocycles. The van der Waals surface area contributed by atoms with Crippen molar-refractivity contribution >= 4 is 21.6 Å². The Balaban J connectivity index is 2.20. The lowest BCUT2D eigenvalue weighted by Gasteiger charge is -2.18. The van der Waals surface area contributed by atoms with Gasteiger partial charge in [-0.15, -0.1) is 0 Å². The number of aryl methyl sites for hydroxylation is 1. The van der Waals surface area contributed by atoms with Crippen molar-refractivity contribution in [3.05, 3.63) is 23.8 Å². The van der Waals surface area contributed by atoms with E-state index in [9.17, 15) is 13.2 Å². The normalized spacial score (nSPS) is 21.8. The van der Waals surface area contributed by atoms with Crippen LogP contribution in [-0.4, -0.2) is 27.9 Å². The van der Waals surface area contributed by atoms with Crippen LogP contribution in [0.2, 0.25) is 0 Å². The lowest BCUT2D eigenvalue weighted by atomic mass is 9.95. The van der Waals surface area contributed by atoms with Gasteiger partial charge in [0.25, 0.3) is 0 Å². The highest BCUT2D eigenvalue weighted by Crippen LogP contribution is 2.32. The number of nitrogens with one attached hydrogen (secondary N) is 2. The van der Waals surface area contributed by atoms with E-state index < -0.39 is 10.0 Å². The van der Waals surface area contributed by atoms with Crippen LogP contribution in [0.15, 0.2) is 23.1 Å². The zero-order valence-corrected chi connectivity index (χ0v) is 13.7. The van der Waals surface area contributed by atoms with Gasteiger partial charge in [-0.3, -0.25) is 4.79 Å². The average molecular weight is 325 g/mol. The number of rotatable bonds is 5. The fraction of sp³-hybridized carbons (Fsp3) is 0.533. The summed E-state index contributed by atoms with van der Waals surface area (Å²) in [6, 6.07) is 4.90. The summed E-state index contributed by atoms with van der Waals surface area (Å²) in [5.74, 6) is 0.0474. The van der Waals surface area contributed by atoms with E-state index in [2.05, 4.69) is 10.0 Å². The molecule has 0 unspecified atom stereocenters. The van der Waals surface area contributed by atoms with Gasteiger partial charge in [-0.1, -0.05) is 12.5 Å². The first kappa shape index (κ1) is 16.9. The van der Waals surface area contributed by atoms with Gasteiger partial charge in [0.2, 0.25) is 15.9 Å². The van der Waals surface area contributed by atoms with E-state index >= 15 is 0 Å². The first-order chi connectivity index (χ1) is 10.4. The molecular formula is C15H23N3O3S. The predicted octanol–water partition coefficient (Wildman–Crippen LogP) is 1.22. The van der Waals surface area contributed by atoms with Gasteiger partial charge < -0.3 is 11.1 Å². The van der Waals surface area contributed by atoms with Gasteiger partial charge in [0.1, 0.15) is 0 Å². The Labute approximate surface area is 131 Å². The summed E-state index contributed by atoms with van der Waals surface area (Å²) < 4.78 is 26.2. The minimum atomic E-state index is -3.54. The minimum absolute atomic E-state index is 0.0791. The van der Waals surface area contributed by atoms with Gasteiger partial charge in [-0.2, -0.15) is 0 Å². The fourth-order valence-electron chi connectivity index (χ4n) is 2.98. The fourth-order valence-corrected chi connectivity index (χ4v) is 3.97. The second-order valence-electron chi connectivity index (χ2n) is 5.71. The van der Waals surface area contributed by atoms with E-state index in [1.807, 2.05) is 0 Å². The molecule has 2 rings (SSSR count). The first-order valence-electron chi connectivity index (χ1n) is 7.44. The summed E-state index contributed by atoms with van der Waals surface area (Å²) in [5, 5.41) is 2.83. The van der Waals surface area contributed by atoms with Crippen LogP contribution in [0.1, 0.15) is 24.8 Å². The van der Waals surface area contributed by atoms with Crippen LogP contribution in [-0.2, 0) is 14.8 Å². The number of sulfonamides is 1. The molecule has 1 fully saturated rings. The van der Waals surface area contributed by atoms with E-state index in [1.54, 1.807) is 19.1 Å². The Bertz CT molecular complexity index is 658. The van der Waals surface area contributed by atoms with Crippen LogP contribution >= 0.6 is 0 Å². The van der Waals surface area contributed by atoms with Crippen LogP contribution in [0.4, 0.5) is 5.69 Å². The van der Waals surface area contributed by atoms with Gasteiger partial charge in [0.05, 0.1) is 4.90 Å². The zero-order chi connectivity index (χ0) is 16.3. The van der Waals surface area contributed by atoms with Crippen LogP contribution < -0.4 is 15.8 Å². The zero-order valence-electron chi connectivity index (χ0n) is 12.9. The molecule has 0 bridgehead atoms. The molecule has 4 N–H and O–H groups in total. The van der Waals surface area contributed by atoms with Crippen molar-refractivity contribution in [2.24, 2.45) is 17.6 Å². The van der Waals surface area contributed by atoms with Crippen molar-refractivity contribution in [2.45, 2.75) is 31.1 Å². The largest absolute Gasteiger partial charge is 0.330 e. The number of hydrogen-bond acceptors (Lipinski definition) is 4. The highest BCUT2D eigenvalue weighted by atomic mass is 32.2. The molecule has 1 aliphatic rings. The van der Waals surface area contributed by atoms with E-state index in [0.29, 0.717) is 17.8 Å². The quantitative estimate of drug-likeness (QED) is 0.757. The van der Waals surface area contributed by atoms with Crippen molar-refractivity contribution in [2.75, 3.05) is 18.9 Å². The Kier molecular flexibility index (Phi) is 5.20. The standard InChI is InChI=1S/C15H23N3O3S/c1-10-6-7-12(8-14(10)22(20,21)17-2)18-15(19)13-5-3-4-11(13)9-16/h6-8,11,13,17H,3-5,9,16H2,1-2H3,(H,18,19)/t11-,13-/m1/s1. The number of amides is 1. The molecule has 122 valence electrons. The lowest BCUT2D eigenvalue weighted by Crippen LogP contribution is -2.29. The SMILES string of the molecule is CNS(=O)(=O)c1cc(NC(=O)[C@@H]2CCC[C@@H]2CN)ccc1C. The van der Waals surface area contributed by atoms with Gasteiger partial charge >= 0.3 is 0 Å². The van der Waals surface area contributed by atoms with Gasteiger partial charge in [-0.05, 0) is 57.0 Å². The maximum absolute atomic E-state index is 12.4. The molecule has 0 radical (unpaired) electrons.